The Bertz CT molecular complexity index is 519. The van der Waals surface area contributed by atoms with Crippen molar-refractivity contribution in [3.8, 4) is 0 Å². The van der Waals surface area contributed by atoms with Crippen LogP contribution in [-0.4, -0.2) is 35.1 Å². The predicted octanol–water partition coefficient (Wildman–Crippen LogP) is 2.40. The highest BCUT2D eigenvalue weighted by atomic mass is 19.1. The van der Waals surface area contributed by atoms with Gasteiger partial charge in [-0.3, -0.25) is 0 Å². The van der Waals surface area contributed by atoms with E-state index in [-0.39, 0.29) is 17.3 Å². The topological polar surface area (TPSA) is 69.6 Å². The average Bonchev–Trinajstić information content (AvgIpc) is 2.78. The summed E-state index contributed by atoms with van der Waals surface area (Å²) in [5.74, 6) is -1.48. The molecular formula is C13H15FN2O3. The molecule has 1 atom stereocenters. The molecule has 1 aliphatic rings. The van der Waals surface area contributed by atoms with Gasteiger partial charge in [0.2, 0.25) is 0 Å². The quantitative estimate of drug-likeness (QED) is 0.863. The molecule has 1 unspecified atom stereocenters. The first-order valence-corrected chi connectivity index (χ1v) is 6.06. The van der Waals surface area contributed by atoms with Crippen LogP contribution in [0, 0.1) is 11.7 Å². The molecule has 5 nitrogen and oxygen atoms in total. The Hall–Kier alpha value is -2.11. The summed E-state index contributed by atoms with van der Waals surface area (Å²) >= 11 is 0. The standard InChI is InChI=1S/C13H15FN2O3/c1-8-4-5-16(7-8)13(19)15-11-3-2-9(14)6-10(11)12(17)18/h2-3,6,8H,4-5,7H2,1H3,(H,15,19)(H,17,18). The molecule has 0 aromatic heterocycles. The minimum absolute atomic E-state index is 0.110. The monoisotopic (exact) mass is 266 g/mol. The summed E-state index contributed by atoms with van der Waals surface area (Å²) in [4.78, 5) is 24.6. The molecule has 1 saturated heterocycles. The summed E-state index contributed by atoms with van der Waals surface area (Å²) < 4.78 is 13.0. The van der Waals surface area contributed by atoms with Crippen molar-refractivity contribution in [2.45, 2.75) is 13.3 Å². The van der Waals surface area contributed by atoms with Crippen molar-refractivity contribution in [1.29, 1.82) is 0 Å². The van der Waals surface area contributed by atoms with Gasteiger partial charge in [-0.2, -0.15) is 0 Å². The number of amides is 2. The van der Waals surface area contributed by atoms with Crippen LogP contribution >= 0.6 is 0 Å². The Kier molecular flexibility index (Phi) is 3.69. The van der Waals surface area contributed by atoms with Crippen molar-refractivity contribution in [2.24, 2.45) is 5.92 Å². The average molecular weight is 266 g/mol. The van der Waals surface area contributed by atoms with E-state index in [2.05, 4.69) is 5.32 Å². The van der Waals surface area contributed by atoms with Gasteiger partial charge in [0.1, 0.15) is 5.82 Å². The van der Waals surface area contributed by atoms with Crippen LogP contribution in [0.25, 0.3) is 0 Å². The largest absolute Gasteiger partial charge is 0.478 e. The van der Waals surface area contributed by atoms with Crippen molar-refractivity contribution in [1.82, 2.24) is 4.90 Å². The van der Waals surface area contributed by atoms with Crippen LogP contribution in [0.3, 0.4) is 0 Å². The number of nitrogens with zero attached hydrogens (tertiary/aromatic N) is 1. The van der Waals surface area contributed by atoms with E-state index in [4.69, 9.17) is 5.11 Å². The third kappa shape index (κ3) is 3.01. The number of hydrogen-bond donors (Lipinski definition) is 2. The van der Waals surface area contributed by atoms with E-state index in [9.17, 15) is 14.0 Å². The minimum Gasteiger partial charge on any atom is -0.478 e. The minimum atomic E-state index is -1.27. The lowest BCUT2D eigenvalue weighted by Crippen LogP contribution is -2.33. The van der Waals surface area contributed by atoms with Crippen LogP contribution in [0.1, 0.15) is 23.7 Å². The fourth-order valence-electron chi connectivity index (χ4n) is 2.12. The molecule has 2 rings (SSSR count). The number of halogens is 1. The second-order valence-electron chi connectivity index (χ2n) is 4.77. The molecule has 2 N–H and O–H groups in total. The van der Waals surface area contributed by atoms with E-state index in [1.54, 1.807) is 4.90 Å². The summed E-state index contributed by atoms with van der Waals surface area (Å²) in [6.45, 7) is 3.35. The fraction of sp³-hybridized carbons (Fsp3) is 0.385. The zero-order valence-electron chi connectivity index (χ0n) is 10.5. The van der Waals surface area contributed by atoms with Gasteiger partial charge in [0.25, 0.3) is 0 Å². The number of carbonyl (C=O) groups excluding carboxylic acids is 1. The number of rotatable bonds is 2. The van der Waals surface area contributed by atoms with Crippen LogP contribution in [-0.2, 0) is 0 Å². The first-order valence-electron chi connectivity index (χ1n) is 6.06. The van der Waals surface area contributed by atoms with Crippen LogP contribution < -0.4 is 5.32 Å². The number of nitrogens with one attached hydrogen (secondary N) is 1. The first kappa shape index (κ1) is 13.3. The van der Waals surface area contributed by atoms with Gasteiger partial charge in [0, 0.05) is 13.1 Å². The summed E-state index contributed by atoms with van der Waals surface area (Å²) in [7, 11) is 0. The van der Waals surface area contributed by atoms with Crippen molar-refractivity contribution in [3.63, 3.8) is 0 Å². The zero-order valence-corrected chi connectivity index (χ0v) is 10.5. The van der Waals surface area contributed by atoms with E-state index in [1.165, 1.54) is 6.07 Å². The van der Waals surface area contributed by atoms with Gasteiger partial charge in [-0.15, -0.1) is 0 Å². The lowest BCUT2D eigenvalue weighted by molar-refractivity contribution is 0.0697. The van der Waals surface area contributed by atoms with E-state index in [0.29, 0.717) is 19.0 Å². The Morgan fingerprint density at radius 3 is 2.79 bits per heavy atom. The van der Waals surface area contributed by atoms with Gasteiger partial charge >= 0.3 is 12.0 Å². The van der Waals surface area contributed by atoms with E-state index in [0.717, 1.165) is 18.6 Å². The number of urea groups is 1. The number of aromatic carboxylic acids is 1. The molecule has 6 heteroatoms. The summed E-state index contributed by atoms with van der Waals surface area (Å²) in [6.07, 6.45) is 0.933. The highest BCUT2D eigenvalue weighted by Crippen LogP contribution is 2.20. The van der Waals surface area contributed by atoms with Crippen LogP contribution in [0.15, 0.2) is 18.2 Å². The number of carboxylic acids is 1. The zero-order chi connectivity index (χ0) is 14.0. The molecule has 0 radical (unpaired) electrons. The summed E-state index contributed by atoms with van der Waals surface area (Å²) in [6, 6.07) is 2.92. The number of benzene rings is 1. The lowest BCUT2D eigenvalue weighted by atomic mass is 10.1. The lowest BCUT2D eigenvalue weighted by Gasteiger charge is -2.17. The van der Waals surface area contributed by atoms with Crippen molar-refractivity contribution in [2.75, 3.05) is 18.4 Å². The molecule has 0 bridgehead atoms. The van der Waals surface area contributed by atoms with Crippen LogP contribution in [0.5, 0.6) is 0 Å². The fourth-order valence-corrected chi connectivity index (χ4v) is 2.12. The number of anilines is 1. The molecule has 1 heterocycles. The second kappa shape index (κ2) is 5.26. The first-order chi connectivity index (χ1) is 8.97. The number of likely N-dealkylation sites (tertiary alicyclic amines) is 1. The van der Waals surface area contributed by atoms with E-state index < -0.39 is 11.8 Å². The molecule has 2 amide bonds. The molecule has 1 aromatic rings. The Morgan fingerprint density at radius 2 is 2.21 bits per heavy atom. The van der Waals surface area contributed by atoms with Crippen LogP contribution in [0.2, 0.25) is 0 Å². The molecule has 0 spiro atoms. The molecular weight excluding hydrogens is 251 g/mol. The molecule has 1 aliphatic heterocycles. The number of carboxylic acid groups (broad SMARTS) is 1. The second-order valence-corrected chi connectivity index (χ2v) is 4.77. The maximum Gasteiger partial charge on any atom is 0.337 e. The predicted molar refractivity (Wildman–Crippen MR) is 67.7 cm³/mol. The normalized spacial score (nSPS) is 18.4. The Labute approximate surface area is 110 Å². The highest BCUT2D eigenvalue weighted by Gasteiger charge is 2.24. The van der Waals surface area contributed by atoms with Crippen molar-refractivity contribution in [3.05, 3.63) is 29.6 Å². The summed E-state index contributed by atoms with van der Waals surface area (Å²) in [5, 5.41) is 11.5. The SMILES string of the molecule is CC1CCN(C(=O)Nc2ccc(F)cc2C(=O)O)C1. The Balaban J connectivity index is 2.14. The van der Waals surface area contributed by atoms with Crippen molar-refractivity contribution < 1.29 is 19.1 Å². The third-order valence-electron chi connectivity index (χ3n) is 3.16. The molecule has 1 fully saturated rings. The number of carbonyl (C=O) groups is 2. The van der Waals surface area contributed by atoms with Gasteiger partial charge in [-0.25, -0.2) is 14.0 Å². The van der Waals surface area contributed by atoms with Gasteiger partial charge in [0.15, 0.2) is 0 Å². The van der Waals surface area contributed by atoms with Gasteiger partial charge in [0.05, 0.1) is 11.3 Å². The molecule has 19 heavy (non-hydrogen) atoms. The van der Waals surface area contributed by atoms with Gasteiger partial charge < -0.3 is 15.3 Å². The molecule has 0 saturated carbocycles. The van der Waals surface area contributed by atoms with Crippen molar-refractivity contribution >= 4 is 17.7 Å². The maximum atomic E-state index is 13.0. The smallest absolute Gasteiger partial charge is 0.337 e. The highest BCUT2D eigenvalue weighted by molar-refractivity contribution is 6.00. The van der Waals surface area contributed by atoms with Gasteiger partial charge in [-0.1, -0.05) is 6.92 Å². The molecule has 102 valence electrons. The van der Waals surface area contributed by atoms with E-state index >= 15 is 0 Å². The molecule has 0 aliphatic carbocycles. The Morgan fingerprint density at radius 1 is 1.47 bits per heavy atom. The molecule has 1 aromatic carbocycles. The third-order valence-corrected chi connectivity index (χ3v) is 3.16. The summed E-state index contributed by atoms with van der Waals surface area (Å²) in [5.41, 5.74) is -0.140. The van der Waals surface area contributed by atoms with Gasteiger partial charge in [-0.05, 0) is 30.5 Å². The maximum absolute atomic E-state index is 13.0. The number of hydrogen-bond acceptors (Lipinski definition) is 2. The van der Waals surface area contributed by atoms with Crippen LogP contribution in [0.4, 0.5) is 14.9 Å². The van der Waals surface area contributed by atoms with E-state index in [1.807, 2.05) is 6.92 Å².